The summed E-state index contributed by atoms with van der Waals surface area (Å²) >= 11 is 0. The highest BCUT2D eigenvalue weighted by Crippen LogP contribution is 2.48. The van der Waals surface area contributed by atoms with Crippen LogP contribution in [0.25, 0.3) is 0 Å². The highest BCUT2D eigenvalue weighted by molar-refractivity contribution is 5.45. The summed E-state index contributed by atoms with van der Waals surface area (Å²) in [4.78, 5) is 0. The van der Waals surface area contributed by atoms with E-state index >= 15 is 0 Å². The van der Waals surface area contributed by atoms with Crippen LogP contribution in [0.3, 0.4) is 0 Å². The standard InChI is InChI=1S/C23H42.C2H6/c1-14(2)18-12-19(15(3)4)21(16(5)6)22(17(7)8)20(13-18)23(9,10)11;1-2/h14-18H,12-13H2,1-11H3;1-2H3. The van der Waals surface area contributed by atoms with Gasteiger partial charge in [-0.05, 0) is 59.0 Å². The fourth-order valence-corrected chi connectivity index (χ4v) is 4.24. The van der Waals surface area contributed by atoms with Crippen LogP contribution in [-0.4, -0.2) is 0 Å². The third kappa shape index (κ3) is 6.30. The van der Waals surface area contributed by atoms with Gasteiger partial charge in [0.15, 0.2) is 0 Å². The van der Waals surface area contributed by atoms with Gasteiger partial charge in [-0.3, -0.25) is 0 Å². The molecule has 0 aromatic heterocycles. The van der Waals surface area contributed by atoms with Crippen LogP contribution < -0.4 is 0 Å². The maximum absolute atomic E-state index is 2.42. The topological polar surface area (TPSA) is 0 Å². The van der Waals surface area contributed by atoms with Crippen molar-refractivity contribution in [2.75, 3.05) is 0 Å². The zero-order chi connectivity index (χ0) is 20.1. The molecule has 0 heterocycles. The molecule has 0 aliphatic heterocycles. The van der Waals surface area contributed by atoms with Crippen molar-refractivity contribution in [1.82, 2.24) is 0 Å². The van der Waals surface area contributed by atoms with Crippen LogP contribution in [0.15, 0.2) is 22.3 Å². The van der Waals surface area contributed by atoms with E-state index in [1.807, 2.05) is 13.8 Å². The molecule has 0 amide bonds. The molecule has 1 unspecified atom stereocenters. The second kappa shape index (κ2) is 9.98. The Morgan fingerprint density at radius 2 is 1.12 bits per heavy atom. The van der Waals surface area contributed by atoms with Crippen molar-refractivity contribution < 1.29 is 0 Å². The van der Waals surface area contributed by atoms with Crippen LogP contribution >= 0.6 is 0 Å². The Hall–Kier alpha value is -0.520. The summed E-state index contributed by atoms with van der Waals surface area (Å²) in [5, 5.41) is 0. The van der Waals surface area contributed by atoms with Crippen LogP contribution in [0.4, 0.5) is 0 Å². The number of allylic oxidation sites excluding steroid dienone is 4. The molecule has 1 aliphatic rings. The molecule has 0 aromatic carbocycles. The SMILES string of the molecule is CC.CC(C)C1=C(C(C)C)C(C(C)C)=C(C(C)(C)C)CC(C(C)C)C1. The van der Waals surface area contributed by atoms with E-state index in [1.165, 1.54) is 12.8 Å². The molecular weight excluding hydrogens is 300 g/mol. The Kier molecular flexibility index (Phi) is 9.77. The van der Waals surface area contributed by atoms with E-state index in [0.717, 1.165) is 11.8 Å². The van der Waals surface area contributed by atoms with Crippen molar-refractivity contribution >= 4 is 0 Å². The first kappa shape index (κ1) is 24.5. The molecule has 1 atom stereocenters. The number of hydrogen-bond acceptors (Lipinski definition) is 0. The van der Waals surface area contributed by atoms with Crippen LogP contribution in [0.5, 0.6) is 0 Å². The first-order valence-electron chi connectivity index (χ1n) is 10.8. The summed E-state index contributed by atoms with van der Waals surface area (Å²) in [6.45, 7) is 30.5. The molecule has 0 fully saturated rings. The molecule has 25 heavy (non-hydrogen) atoms. The second-order valence-electron chi connectivity index (χ2n) is 9.96. The van der Waals surface area contributed by atoms with Gasteiger partial charge < -0.3 is 0 Å². The van der Waals surface area contributed by atoms with E-state index in [0.29, 0.717) is 17.8 Å². The average molecular weight is 349 g/mol. The maximum Gasteiger partial charge on any atom is -0.0167 e. The molecule has 0 N–H and O–H groups in total. The van der Waals surface area contributed by atoms with Crippen LogP contribution in [0.1, 0.15) is 103 Å². The highest BCUT2D eigenvalue weighted by atomic mass is 14.4. The Morgan fingerprint density at radius 1 is 0.680 bits per heavy atom. The lowest BCUT2D eigenvalue weighted by atomic mass is 9.73. The molecule has 0 saturated carbocycles. The number of rotatable bonds is 4. The van der Waals surface area contributed by atoms with Crippen molar-refractivity contribution in [2.45, 2.75) is 103 Å². The lowest BCUT2D eigenvalue weighted by Crippen LogP contribution is -2.19. The molecule has 0 saturated heterocycles. The Labute approximate surface area is 160 Å². The summed E-state index contributed by atoms with van der Waals surface area (Å²) < 4.78 is 0. The van der Waals surface area contributed by atoms with Gasteiger partial charge in [-0.2, -0.15) is 0 Å². The fraction of sp³-hybridized carbons (Fsp3) is 0.840. The van der Waals surface area contributed by atoms with Crippen LogP contribution in [0.2, 0.25) is 0 Å². The van der Waals surface area contributed by atoms with Crippen molar-refractivity contribution in [2.24, 2.45) is 35.0 Å². The third-order valence-corrected chi connectivity index (χ3v) is 5.61. The smallest absolute Gasteiger partial charge is 0.0167 e. The average Bonchev–Trinajstić information content (AvgIpc) is 2.66. The predicted molar refractivity (Wildman–Crippen MR) is 117 cm³/mol. The summed E-state index contributed by atoms with van der Waals surface area (Å²) in [7, 11) is 0. The van der Waals surface area contributed by atoms with Crippen LogP contribution in [-0.2, 0) is 0 Å². The molecular formula is C25H48. The quantitative estimate of drug-likeness (QED) is 0.476. The van der Waals surface area contributed by atoms with Gasteiger partial charge in [0.25, 0.3) is 0 Å². The van der Waals surface area contributed by atoms with E-state index < -0.39 is 0 Å². The van der Waals surface area contributed by atoms with Crippen LogP contribution in [0, 0.1) is 35.0 Å². The van der Waals surface area contributed by atoms with E-state index in [-0.39, 0.29) is 5.41 Å². The molecule has 0 spiro atoms. The van der Waals surface area contributed by atoms with Gasteiger partial charge in [0, 0.05) is 0 Å². The van der Waals surface area contributed by atoms with Gasteiger partial charge in [0.1, 0.15) is 0 Å². The van der Waals surface area contributed by atoms with E-state index in [1.54, 1.807) is 22.3 Å². The normalized spacial score (nSPS) is 19.8. The Balaban J connectivity index is 0.00000277. The minimum atomic E-state index is 0.263. The van der Waals surface area contributed by atoms with Crippen molar-refractivity contribution in [3.63, 3.8) is 0 Å². The zero-order valence-electron chi connectivity index (χ0n) is 19.8. The molecule has 1 rings (SSSR count). The van der Waals surface area contributed by atoms with Gasteiger partial charge in [-0.25, -0.2) is 0 Å². The lowest BCUT2D eigenvalue weighted by Gasteiger charge is -2.32. The summed E-state index contributed by atoms with van der Waals surface area (Å²) in [6, 6.07) is 0. The largest absolute Gasteiger partial charge is 0.0683 e. The molecule has 0 heteroatoms. The van der Waals surface area contributed by atoms with E-state index in [9.17, 15) is 0 Å². The van der Waals surface area contributed by atoms with E-state index in [2.05, 4.69) is 76.2 Å². The first-order chi connectivity index (χ1) is 11.4. The Morgan fingerprint density at radius 3 is 1.40 bits per heavy atom. The maximum atomic E-state index is 2.42. The molecule has 0 nitrogen and oxygen atoms in total. The van der Waals surface area contributed by atoms with Gasteiger partial charge in [0.2, 0.25) is 0 Å². The van der Waals surface area contributed by atoms with Crippen molar-refractivity contribution in [3.05, 3.63) is 22.3 Å². The lowest BCUT2D eigenvalue weighted by molar-refractivity contribution is 0.341. The first-order valence-corrected chi connectivity index (χ1v) is 10.8. The summed E-state index contributed by atoms with van der Waals surface area (Å²) in [5.74, 6) is 3.42. The monoisotopic (exact) mass is 348 g/mol. The summed E-state index contributed by atoms with van der Waals surface area (Å²) in [5.41, 5.74) is 7.12. The van der Waals surface area contributed by atoms with Crippen molar-refractivity contribution in [3.8, 4) is 0 Å². The van der Waals surface area contributed by atoms with Gasteiger partial charge in [-0.15, -0.1) is 0 Å². The predicted octanol–water partition coefficient (Wildman–Crippen LogP) is 8.69. The minimum Gasteiger partial charge on any atom is -0.0683 e. The molecule has 0 bridgehead atoms. The minimum absolute atomic E-state index is 0.263. The van der Waals surface area contributed by atoms with E-state index in [4.69, 9.17) is 0 Å². The summed E-state index contributed by atoms with van der Waals surface area (Å²) in [6.07, 6.45) is 2.57. The second-order valence-corrected chi connectivity index (χ2v) is 9.96. The highest BCUT2D eigenvalue weighted by Gasteiger charge is 2.34. The molecule has 0 radical (unpaired) electrons. The van der Waals surface area contributed by atoms with Gasteiger partial charge in [0.05, 0.1) is 0 Å². The zero-order valence-corrected chi connectivity index (χ0v) is 19.8. The molecule has 148 valence electrons. The van der Waals surface area contributed by atoms with Crippen molar-refractivity contribution in [1.29, 1.82) is 0 Å². The fourth-order valence-electron chi connectivity index (χ4n) is 4.24. The molecule has 1 aliphatic carbocycles. The third-order valence-electron chi connectivity index (χ3n) is 5.61. The molecule has 0 aromatic rings. The number of hydrogen-bond donors (Lipinski definition) is 0. The Bertz CT molecular complexity index is 461. The van der Waals surface area contributed by atoms with Gasteiger partial charge in [-0.1, -0.05) is 101 Å². The van der Waals surface area contributed by atoms with Gasteiger partial charge >= 0.3 is 0 Å².